The fourth-order valence-electron chi connectivity index (χ4n) is 2.15. The number of anilines is 1. The van der Waals surface area contributed by atoms with Crippen molar-refractivity contribution in [1.82, 2.24) is 9.97 Å². The number of halogens is 1. The van der Waals surface area contributed by atoms with E-state index in [0.29, 0.717) is 5.92 Å². The van der Waals surface area contributed by atoms with Gasteiger partial charge in [-0.1, -0.05) is 45.0 Å². The van der Waals surface area contributed by atoms with Gasteiger partial charge in [-0.25, -0.2) is 9.97 Å². The monoisotopic (exact) mass is 347 g/mol. The highest BCUT2D eigenvalue weighted by Gasteiger charge is 2.16. The van der Waals surface area contributed by atoms with E-state index in [9.17, 15) is 0 Å². The summed E-state index contributed by atoms with van der Waals surface area (Å²) < 4.78 is 0.975. The third-order valence-electron chi connectivity index (χ3n) is 3.35. The van der Waals surface area contributed by atoms with E-state index >= 15 is 0 Å². The van der Waals surface area contributed by atoms with Gasteiger partial charge in [-0.3, -0.25) is 0 Å². The van der Waals surface area contributed by atoms with Crippen molar-refractivity contribution in [3.05, 3.63) is 40.0 Å². The Kier molecular flexibility index (Phi) is 5.34. The van der Waals surface area contributed by atoms with Gasteiger partial charge in [0.2, 0.25) is 0 Å². The summed E-state index contributed by atoms with van der Waals surface area (Å²) in [7, 11) is 0. The van der Waals surface area contributed by atoms with Crippen LogP contribution in [0, 0.1) is 6.92 Å². The van der Waals surface area contributed by atoms with Crippen molar-refractivity contribution < 1.29 is 0 Å². The Morgan fingerprint density at radius 2 is 1.90 bits per heavy atom. The van der Waals surface area contributed by atoms with E-state index in [1.807, 2.05) is 12.1 Å². The second-order valence-corrected chi connectivity index (χ2v) is 6.28. The number of benzene rings is 1. The molecule has 1 aromatic carbocycles. The third kappa shape index (κ3) is 3.62. The largest absolute Gasteiger partial charge is 0.369 e. The number of nitrogens with zero attached hydrogens (tertiary/aromatic N) is 2. The molecule has 0 aliphatic carbocycles. The van der Waals surface area contributed by atoms with Gasteiger partial charge in [-0.15, -0.1) is 0 Å². The highest BCUT2D eigenvalue weighted by atomic mass is 79.9. The summed E-state index contributed by atoms with van der Waals surface area (Å²) in [4.78, 5) is 9.49. The zero-order valence-corrected chi connectivity index (χ0v) is 14.7. The van der Waals surface area contributed by atoms with Crippen LogP contribution in [-0.2, 0) is 0 Å². The zero-order chi connectivity index (χ0) is 15.4. The minimum atomic E-state index is 0.340. The molecule has 0 radical (unpaired) electrons. The lowest BCUT2D eigenvalue weighted by Gasteiger charge is -2.15. The molecule has 21 heavy (non-hydrogen) atoms. The molecule has 0 spiro atoms. The van der Waals surface area contributed by atoms with Gasteiger partial charge in [-0.05, 0) is 40.8 Å². The van der Waals surface area contributed by atoms with E-state index < -0.39 is 0 Å². The average Bonchev–Trinajstić information content (AvgIpc) is 2.46. The molecular weight excluding hydrogens is 326 g/mol. The minimum absolute atomic E-state index is 0.340. The molecule has 1 N–H and O–H groups in total. The van der Waals surface area contributed by atoms with Gasteiger partial charge >= 0.3 is 0 Å². The molecule has 0 aliphatic rings. The summed E-state index contributed by atoms with van der Waals surface area (Å²) in [6.45, 7) is 9.44. The maximum Gasteiger partial charge on any atom is 0.162 e. The van der Waals surface area contributed by atoms with Crippen LogP contribution in [0.5, 0.6) is 0 Å². The van der Waals surface area contributed by atoms with Crippen LogP contribution in [0.2, 0.25) is 0 Å². The Labute approximate surface area is 135 Å². The van der Waals surface area contributed by atoms with Crippen LogP contribution in [0.4, 0.5) is 5.82 Å². The molecule has 0 saturated heterocycles. The van der Waals surface area contributed by atoms with E-state index in [2.05, 4.69) is 61.1 Å². The van der Waals surface area contributed by atoms with Gasteiger partial charge in [0.05, 0.1) is 10.2 Å². The van der Waals surface area contributed by atoms with Crippen molar-refractivity contribution in [2.24, 2.45) is 0 Å². The second-order valence-electron chi connectivity index (χ2n) is 5.49. The summed E-state index contributed by atoms with van der Waals surface area (Å²) >= 11 is 3.65. The fraction of sp³-hybridized carbons (Fsp3) is 0.412. The lowest BCUT2D eigenvalue weighted by Crippen LogP contribution is -2.08. The predicted octanol–water partition coefficient (Wildman–Crippen LogP) is 5.16. The van der Waals surface area contributed by atoms with Crippen LogP contribution in [0.1, 0.15) is 44.4 Å². The predicted molar refractivity (Wildman–Crippen MR) is 92.8 cm³/mol. The van der Waals surface area contributed by atoms with E-state index in [-0.39, 0.29) is 0 Å². The van der Waals surface area contributed by atoms with Gasteiger partial charge in [-0.2, -0.15) is 0 Å². The molecule has 0 unspecified atom stereocenters. The Morgan fingerprint density at radius 3 is 2.52 bits per heavy atom. The number of aryl methyl sites for hydroxylation is 1. The number of nitrogens with one attached hydrogen (secondary N) is 1. The molecule has 0 amide bonds. The van der Waals surface area contributed by atoms with Crippen LogP contribution >= 0.6 is 15.9 Å². The Morgan fingerprint density at radius 1 is 1.19 bits per heavy atom. The third-order valence-corrected chi connectivity index (χ3v) is 4.13. The summed E-state index contributed by atoms with van der Waals surface area (Å²) in [6, 6.07) is 8.24. The highest BCUT2D eigenvalue weighted by molar-refractivity contribution is 9.10. The molecule has 4 heteroatoms. The molecule has 0 saturated carbocycles. The fourth-order valence-corrected chi connectivity index (χ4v) is 2.93. The van der Waals surface area contributed by atoms with Crippen molar-refractivity contribution in [3.8, 4) is 11.4 Å². The molecule has 3 nitrogen and oxygen atoms in total. The molecule has 0 fully saturated rings. The topological polar surface area (TPSA) is 37.8 Å². The van der Waals surface area contributed by atoms with E-state index in [0.717, 1.165) is 40.3 Å². The molecular formula is C17H22BrN3. The molecule has 1 heterocycles. The molecule has 2 rings (SSSR count). The maximum absolute atomic E-state index is 4.77. The normalized spacial score (nSPS) is 11.0. The quantitative estimate of drug-likeness (QED) is 0.811. The number of hydrogen-bond acceptors (Lipinski definition) is 3. The van der Waals surface area contributed by atoms with Crippen LogP contribution in [0.15, 0.2) is 28.7 Å². The van der Waals surface area contributed by atoms with Gasteiger partial charge in [0, 0.05) is 12.1 Å². The smallest absolute Gasteiger partial charge is 0.162 e. The van der Waals surface area contributed by atoms with Crippen molar-refractivity contribution >= 4 is 21.7 Å². The Balaban J connectivity index is 2.56. The molecule has 2 aromatic rings. The zero-order valence-electron chi connectivity index (χ0n) is 13.1. The Hall–Kier alpha value is -1.42. The van der Waals surface area contributed by atoms with Crippen LogP contribution < -0.4 is 5.32 Å². The molecule has 0 aliphatic heterocycles. The van der Waals surface area contributed by atoms with Crippen LogP contribution in [0.3, 0.4) is 0 Å². The summed E-state index contributed by atoms with van der Waals surface area (Å²) in [5.41, 5.74) is 3.32. The number of hydrogen-bond donors (Lipinski definition) is 1. The maximum atomic E-state index is 4.77. The Bertz CT molecular complexity index is 623. The van der Waals surface area contributed by atoms with Crippen molar-refractivity contribution in [2.75, 3.05) is 11.9 Å². The first-order valence-corrected chi connectivity index (χ1v) is 8.21. The summed E-state index contributed by atoms with van der Waals surface area (Å²) in [5.74, 6) is 2.01. The lowest BCUT2D eigenvalue weighted by molar-refractivity contribution is 0.808. The van der Waals surface area contributed by atoms with Crippen molar-refractivity contribution in [3.63, 3.8) is 0 Å². The van der Waals surface area contributed by atoms with Gasteiger partial charge in [0.25, 0.3) is 0 Å². The first-order chi connectivity index (χ1) is 10.0. The van der Waals surface area contributed by atoms with E-state index in [1.54, 1.807) is 0 Å². The number of aromatic nitrogens is 2. The second kappa shape index (κ2) is 7.03. The minimum Gasteiger partial charge on any atom is -0.369 e. The standard InChI is InChI=1S/C17H22BrN3/c1-5-10-19-17-14(18)15(11(2)3)20-16(21-17)13-9-7-6-8-12(13)4/h6-9,11H,5,10H2,1-4H3,(H,19,20,21). The summed E-state index contributed by atoms with van der Waals surface area (Å²) in [5, 5.41) is 3.39. The first-order valence-electron chi connectivity index (χ1n) is 7.41. The highest BCUT2D eigenvalue weighted by Crippen LogP contribution is 2.32. The van der Waals surface area contributed by atoms with Gasteiger partial charge in [0.15, 0.2) is 5.82 Å². The van der Waals surface area contributed by atoms with Crippen molar-refractivity contribution in [1.29, 1.82) is 0 Å². The SMILES string of the molecule is CCCNc1nc(-c2ccccc2C)nc(C(C)C)c1Br. The molecule has 0 atom stereocenters. The molecule has 112 valence electrons. The molecule has 0 bridgehead atoms. The van der Waals surface area contributed by atoms with Crippen molar-refractivity contribution in [2.45, 2.75) is 40.0 Å². The van der Waals surface area contributed by atoms with Gasteiger partial charge in [0.1, 0.15) is 5.82 Å². The van der Waals surface area contributed by atoms with Crippen LogP contribution in [-0.4, -0.2) is 16.5 Å². The lowest BCUT2D eigenvalue weighted by atomic mass is 10.1. The molecule has 1 aromatic heterocycles. The average molecular weight is 348 g/mol. The van der Waals surface area contributed by atoms with Gasteiger partial charge < -0.3 is 5.32 Å². The van der Waals surface area contributed by atoms with E-state index in [4.69, 9.17) is 9.97 Å². The van der Waals surface area contributed by atoms with E-state index in [1.165, 1.54) is 5.56 Å². The number of rotatable bonds is 5. The van der Waals surface area contributed by atoms with Crippen LogP contribution in [0.25, 0.3) is 11.4 Å². The summed E-state index contributed by atoms with van der Waals surface area (Å²) in [6.07, 6.45) is 1.06. The first kappa shape index (κ1) is 16.0.